The van der Waals surface area contributed by atoms with E-state index in [0.717, 1.165) is 23.3 Å². The number of carbonyl (C=O) groups is 1. The SMILES string of the molecule is Cc1nc(C=O)cc2c1OCC2(C)C. The van der Waals surface area contributed by atoms with Crippen molar-refractivity contribution in [2.24, 2.45) is 0 Å². The van der Waals surface area contributed by atoms with Crippen molar-refractivity contribution in [1.29, 1.82) is 0 Å². The first-order valence-electron chi connectivity index (χ1n) is 4.65. The molecule has 74 valence electrons. The molecule has 2 rings (SSSR count). The molecule has 0 N–H and O–H groups in total. The van der Waals surface area contributed by atoms with Crippen LogP contribution in [0.5, 0.6) is 5.75 Å². The van der Waals surface area contributed by atoms with Crippen LogP contribution in [0.1, 0.15) is 35.6 Å². The van der Waals surface area contributed by atoms with Crippen molar-refractivity contribution in [3.8, 4) is 5.75 Å². The van der Waals surface area contributed by atoms with Gasteiger partial charge in [-0.1, -0.05) is 13.8 Å². The number of aromatic nitrogens is 1. The second-order valence-electron chi connectivity index (χ2n) is 4.30. The van der Waals surface area contributed by atoms with Crippen LogP contribution in [-0.4, -0.2) is 17.9 Å². The first kappa shape index (κ1) is 9.19. The molecular weight excluding hydrogens is 178 g/mol. The van der Waals surface area contributed by atoms with E-state index in [9.17, 15) is 4.79 Å². The molecular formula is C11H13NO2. The summed E-state index contributed by atoms with van der Waals surface area (Å²) in [5, 5.41) is 0. The van der Waals surface area contributed by atoms with Crippen LogP contribution < -0.4 is 4.74 Å². The van der Waals surface area contributed by atoms with E-state index in [-0.39, 0.29) is 5.41 Å². The number of aldehydes is 1. The van der Waals surface area contributed by atoms with Gasteiger partial charge in [-0.25, -0.2) is 4.98 Å². The van der Waals surface area contributed by atoms with Gasteiger partial charge in [0.1, 0.15) is 11.4 Å². The van der Waals surface area contributed by atoms with Gasteiger partial charge in [0, 0.05) is 11.0 Å². The number of hydrogen-bond donors (Lipinski definition) is 0. The summed E-state index contributed by atoms with van der Waals surface area (Å²) < 4.78 is 5.57. The molecule has 0 bridgehead atoms. The third-order valence-corrected chi connectivity index (χ3v) is 2.59. The molecule has 1 aliphatic heterocycles. The minimum atomic E-state index is -0.0131. The summed E-state index contributed by atoms with van der Waals surface area (Å²) in [6, 6.07) is 1.82. The summed E-state index contributed by atoms with van der Waals surface area (Å²) >= 11 is 0. The van der Waals surface area contributed by atoms with Crippen LogP contribution >= 0.6 is 0 Å². The maximum absolute atomic E-state index is 10.7. The summed E-state index contributed by atoms with van der Waals surface area (Å²) in [5.41, 5.74) is 2.36. The number of fused-ring (bicyclic) bond motifs is 1. The van der Waals surface area contributed by atoms with Crippen molar-refractivity contribution in [3.05, 3.63) is 23.0 Å². The minimum absolute atomic E-state index is 0.0131. The molecule has 0 radical (unpaired) electrons. The highest BCUT2D eigenvalue weighted by Crippen LogP contribution is 2.39. The summed E-state index contributed by atoms with van der Waals surface area (Å²) in [6.45, 7) is 6.74. The fourth-order valence-corrected chi connectivity index (χ4v) is 1.76. The van der Waals surface area contributed by atoms with E-state index >= 15 is 0 Å². The van der Waals surface area contributed by atoms with Gasteiger partial charge in [0.2, 0.25) is 0 Å². The van der Waals surface area contributed by atoms with Gasteiger partial charge in [0.05, 0.1) is 12.3 Å². The van der Waals surface area contributed by atoms with Crippen molar-refractivity contribution < 1.29 is 9.53 Å². The second kappa shape index (κ2) is 2.80. The number of ether oxygens (including phenoxy) is 1. The molecule has 0 aliphatic carbocycles. The molecule has 1 aliphatic rings. The number of nitrogens with zero attached hydrogens (tertiary/aromatic N) is 1. The Kier molecular flexibility index (Phi) is 1.84. The molecule has 1 aromatic rings. The molecule has 0 atom stereocenters. The van der Waals surface area contributed by atoms with Gasteiger partial charge in [-0.2, -0.15) is 0 Å². The lowest BCUT2D eigenvalue weighted by Gasteiger charge is -2.15. The summed E-state index contributed by atoms with van der Waals surface area (Å²) in [4.78, 5) is 14.8. The summed E-state index contributed by atoms with van der Waals surface area (Å²) in [5.74, 6) is 0.848. The quantitative estimate of drug-likeness (QED) is 0.636. The maximum atomic E-state index is 10.7. The molecule has 0 saturated heterocycles. The van der Waals surface area contributed by atoms with Gasteiger partial charge in [0.15, 0.2) is 6.29 Å². The Morgan fingerprint density at radius 1 is 1.57 bits per heavy atom. The number of aryl methyl sites for hydroxylation is 1. The first-order valence-corrected chi connectivity index (χ1v) is 4.65. The molecule has 0 unspecified atom stereocenters. The van der Waals surface area contributed by atoms with E-state index in [1.54, 1.807) is 0 Å². The van der Waals surface area contributed by atoms with Crippen molar-refractivity contribution in [3.63, 3.8) is 0 Å². The topological polar surface area (TPSA) is 39.2 Å². The van der Waals surface area contributed by atoms with Crippen molar-refractivity contribution in [2.45, 2.75) is 26.2 Å². The molecule has 2 heterocycles. The van der Waals surface area contributed by atoms with Crippen molar-refractivity contribution in [2.75, 3.05) is 6.61 Å². The smallest absolute Gasteiger partial charge is 0.168 e. The van der Waals surface area contributed by atoms with Gasteiger partial charge in [-0.3, -0.25) is 4.79 Å². The van der Waals surface area contributed by atoms with Crippen LogP contribution in [0.15, 0.2) is 6.07 Å². The van der Waals surface area contributed by atoms with E-state index in [2.05, 4.69) is 18.8 Å². The number of carbonyl (C=O) groups excluding carboxylic acids is 1. The Morgan fingerprint density at radius 2 is 2.29 bits per heavy atom. The predicted octanol–water partition coefficient (Wildman–Crippen LogP) is 1.87. The Morgan fingerprint density at radius 3 is 2.93 bits per heavy atom. The standard InChI is InChI=1S/C11H13NO2/c1-7-10-9(4-8(5-13)12-7)11(2,3)6-14-10/h4-5H,6H2,1-3H3. The lowest BCUT2D eigenvalue weighted by molar-refractivity contribution is 0.111. The second-order valence-corrected chi connectivity index (χ2v) is 4.30. The highest BCUT2D eigenvalue weighted by molar-refractivity contribution is 5.73. The average Bonchev–Trinajstić information content (AvgIpc) is 2.43. The molecule has 14 heavy (non-hydrogen) atoms. The third-order valence-electron chi connectivity index (χ3n) is 2.59. The molecule has 0 saturated carbocycles. The molecule has 0 amide bonds. The van der Waals surface area contributed by atoms with E-state index < -0.39 is 0 Å². The van der Waals surface area contributed by atoms with Gasteiger partial charge < -0.3 is 4.74 Å². The molecule has 0 aromatic carbocycles. The van der Waals surface area contributed by atoms with Crippen LogP contribution in [-0.2, 0) is 5.41 Å². The normalized spacial score (nSPS) is 17.4. The van der Waals surface area contributed by atoms with Gasteiger partial charge >= 0.3 is 0 Å². The van der Waals surface area contributed by atoms with E-state index in [4.69, 9.17) is 4.74 Å². The van der Waals surface area contributed by atoms with Crippen molar-refractivity contribution >= 4 is 6.29 Å². The fraction of sp³-hybridized carbons (Fsp3) is 0.455. The van der Waals surface area contributed by atoms with Gasteiger partial charge in [-0.15, -0.1) is 0 Å². The molecule has 3 heteroatoms. The highest BCUT2D eigenvalue weighted by atomic mass is 16.5. The average molecular weight is 191 g/mol. The third kappa shape index (κ3) is 1.20. The predicted molar refractivity (Wildman–Crippen MR) is 52.9 cm³/mol. The number of hydrogen-bond acceptors (Lipinski definition) is 3. The minimum Gasteiger partial charge on any atom is -0.490 e. The zero-order valence-electron chi connectivity index (χ0n) is 8.63. The first-order chi connectivity index (χ1) is 6.54. The lowest BCUT2D eigenvalue weighted by atomic mass is 9.87. The molecule has 1 aromatic heterocycles. The Labute approximate surface area is 83.1 Å². The van der Waals surface area contributed by atoms with Gasteiger partial charge in [0.25, 0.3) is 0 Å². The molecule has 0 spiro atoms. The molecule has 0 fully saturated rings. The van der Waals surface area contributed by atoms with Gasteiger partial charge in [-0.05, 0) is 13.0 Å². The largest absolute Gasteiger partial charge is 0.490 e. The monoisotopic (exact) mass is 191 g/mol. The zero-order valence-corrected chi connectivity index (χ0v) is 8.63. The summed E-state index contributed by atoms with van der Waals surface area (Å²) in [7, 11) is 0. The zero-order chi connectivity index (χ0) is 10.3. The lowest BCUT2D eigenvalue weighted by Crippen LogP contribution is -2.18. The van der Waals surface area contributed by atoms with Crippen LogP contribution in [0.3, 0.4) is 0 Å². The Bertz CT molecular complexity index is 397. The Balaban J connectivity index is 2.65. The van der Waals surface area contributed by atoms with Crippen LogP contribution in [0.2, 0.25) is 0 Å². The van der Waals surface area contributed by atoms with E-state index in [1.165, 1.54) is 0 Å². The van der Waals surface area contributed by atoms with Crippen LogP contribution in [0.25, 0.3) is 0 Å². The Hall–Kier alpha value is -1.38. The fourth-order valence-electron chi connectivity index (χ4n) is 1.76. The van der Waals surface area contributed by atoms with E-state index in [0.29, 0.717) is 12.3 Å². The summed E-state index contributed by atoms with van der Waals surface area (Å²) in [6.07, 6.45) is 0.779. The molecule has 3 nitrogen and oxygen atoms in total. The highest BCUT2D eigenvalue weighted by Gasteiger charge is 2.33. The van der Waals surface area contributed by atoms with Crippen molar-refractivity contribution in [1.82, 2.24) is 4.98 Å². The number of pyridine rings is 1. The maximum Gasteiger partial charge on any atom is 0.168 e. The van der Waals surface area contributed by atoms with Crippen LogP contribution in [0, 0.1) is 6.92 Å². The van der Waals surface area contributed by atoms with Crippen LogP contribution in [0.4, 0.5) is 0 Å². The number of rotatable bonds is 1. The van der Waals surface area contributed by atoms with E-state index in [1.807, 2.05) is 13.0 Å².